The first-order chi connectivity index (χ1) is 13.5. The Morgan fingerprint density at radius 2 is 2.11 bits per heavy atom. The van der Waals surface area contributed by atoms with Gasteiger partial charge in [0.05, 0.1) is 18.8 Å². The van der Waals surface area contributed by atoms with Gasteiger partial charge in [-0.3, -0.25) is 5.32 Å². The Hall–Kier alpha value is -3.16. The van der Waals surface area contributed by atoms with Crippen molar-refractivity contribution in [2.24, 2.45) is 5.92 Å². The number of hydrogen-bond donors (Lipinski definition) is 2. The summed E-state index contributed by atoms with van der Waals surface area (Å²) in [7, 11) is 0. The summed E-state index contributed by atoms with van der Waals surface area (Å²) in [4.78, 5) is 12.3. The minimum Gasteiger partial charge on any atom is -0.359 e. The molecule has 1 aliphatic rings. The van der Waals surface area contributed by atoms with Gasteiger partial charge < -0.3 is 9.84 Å². The van der Waals surface area contributed by atoms with Crippen LogP contribution in [0.3, 0.4) is 0 Å². The Balaban J connectivity index is 1.36. The molecule has 1 atom stereocenters. The molecule has 2 heterocycles. The highest BCUT2D eigenvalue weighted by Gasteiger charge is 2.31. The van der Waals surface area contributed by atoms with Crippen LogP contribution in [0.1, 0.15) is 37.1 Å². The number of urea groups is 1. The topological polar surface area (TPSA) is 85.0 Å². The van der Waals surface area contributed by atoms with E-state index in [2.05, 4.69) is 27.8 Å². The molecule has 2 N–H and O–H groups in total. The van der Waals surface area contributed by atoms with Gasteiger partial charge in [-0.1, -0.05) is 5.16 Å². The first-order valence-electron chi connectivity index (χ1n) is 9.32. The number of halogens is 1. The number of nitrogens with one attached hydrogen (secondary N) is 2. The molecular weight excluding hydrogens is 361 g/mol. The van der Waals surface area contributed by atoms with Crippen LogP contribution < -0.4 is 10.6 Å². The second kappa shape index (κ2) is 7.46. The number of amides is 2. The summed E-state index contributed by atoms with van der Waals surface area (Å²) in [6.45, 7) is 4.23. The number of benzene rings is 1. The first kappa shape index (κ1) is 18.2. The van der Waals surface area contributed by atoms with Crippen LogP contribution in [0.25, 0.3) is 11.3 Å². The Morgan fingerprint density at radius 3 is 2.82 bits per heavy atom. The number of aromatic nitrogens is 3. The summed E-state index contributed by atoms with van der Waals surface area (Å²) in [5, 5.41) is 14.0. The maximum Gasteiger partial charge on any atom is 0.320 e. The van der Waals surface area contributed by atoms with Gasteiger partial charge in [-0.05, 0) is 56.9 Å². The maximum atomic E-state index is 13.0. The van der Waals surface area contributed by atoms with E-state index in [1.807, 2.05) is 11.6 Å². The predicted octanol–water partition coefficient (Wildman–Crippen LogP) is 4.28. The molecule has 2 amide bonds. The lowest BCUT2D eigenvalue weighted by Gasteiger charge is -2.16. The minimum absolute atomic E-state index is 0.186. The highest BCUT2D eigenvalue weighted by atomic mass is 19.1. The second-order valence-electron chi connectivity index (χ2n) is 7.19. The molecule has 0 radical (unpaired) electrons. The van der Waals surface area contributed by atoms with Crippen molar-refractivity contribution in [1.82, 2.24) is 20.3 Å². The van der Waals surface area contributed by atoms with E-state index >= 15 is 0 Å². The van der Waals surface area contributed by atoms with Crippen LogP contribution in [-0.4, -0.2) is 21.0 Å². The van der Waals surface area contributed by atoms with Crippen molar-refractivity contribution in [1.29, 1.82) is 0 Å². The molecule has 8 heteroatoms. The number of hydrogen-bond acceptors (Lipinski definition) is 4. The van der Waals surface area contributed by atoms with E-state index in [9.17, 15) is 9.18 Å². The average Bonchev–Trinajstić information content (AvgIpc) is 3.33. The lowest BCUT2D eigenvalue weighted by atomic mass is 10.1. The second-order valence-corrected chi connectivity index (χ2v) is 7.19. The number of anilines is 1. The molecule has 0 unspecified atom stereocenters. The summed E-state index contributed by atoms with van der Waals surface area (Å²) in [6.07, 6.45) is 4.17. The third-order valence-corrected chi connectivity index (χ3v) is 5.02. The SMILES string of the molecule is Cc1cnn([C@@H](C)C2CC2)c1NC(=O)NCc1cc(-c2ccc(F)cc2)no1. The Morgan fingerprint density at radius 1 is 1.36 bits per heavy atom. The quantitative estimate of drug-likeness (QED) is 0.665. The van der Waals surface area contributed by atoms with Crippen molar-refractivity contribution >= 4 is 11.8 Å². The van der Waals surface area contributed by atoms with Gasteiger partial charge in [0.1, 0.15) is 17.3 Å². The molecule has 1 saturated carbocycles. The number of rotatable bonds is 6. The summed E-state index contributed by atoms with van der Waals surface area (Å²) in [5.74, 6) is 1.53. The smallest absolute Gasteiger partial charge is 0.320 e. The minimum atomic E-state index is -0.340. The third-order valence-electron chi connectivity index (χ3n) is 5.02. The fourth-order valence-corrected chi connectivity index (χ4v) is 3.16. The fraction of sp³-hybridized carbons (Fsp3) is 0.350. The zero-order valence-electron chi connectivity index (χ0n) is 15.8. The van der Waals surface area contributed by atoms with E-state index < -0.39 is 0 Å². The third kappa shape index (κ3) is 3.90. The summed E-state index contributed by atoms with van der Waals surface area (Å²) in [6, 6.07) is 7.62. The molecule has 1 aromatic carbocycles. The average molecular weight is 383 g/mol. The van der Waals surface area contributed by atoms with E-state index in [1.165, 1.54) is 25.0 Å². The van der Waals surface area contributed by atoms with Gasteiger partial charge in [0.25, 0.3) is 0 Å². The molecule has 0 bridgehead atoms. The molecule has 3 aromatic rings. The van der Waals surface area contributed by atoms with Crippen LogP contribution in [0.4, 0.5) is 15.0 Å². The van der Waals surface area contributed by atoms with Gasteiger partial charge in [0.2, 0.25) is 0 Å². The zero-order chi connectivity index (χ0) is 19.7. The van der Waals surface area contributed by atoms with E-state index in [0.29, 0.717) is 23.2 Å². The van der Waals surface area contributed by atoms with Gasteiger partial charge in [-0.2, -0.15) is 5.10 Å². The number of aryl methyl sites for hydroxylation is 1. The standard InChI is InChI=1S/C20H22FN5O2/c1-12-10-23-26(13(2)14-3-4-14)19(12)24-20(27)22-11-17-9-18(25-28-17)15-5-7-16(21)8-6-15/h5-10,13-14H,3-4,11H2,1-2H3,(H2,22,24,27)/t13-/m0/s1. The van der Waals surface area contributed by atoms with E-state index in [0.717, 1.165) is 11.1 Å². The lowest BCUT2D eigenvalue weighted by molar-refractivity contribution is 0.249. The van der Waals surface area contributed by atoms with Crippen LogP contribution in [0.5, 0.6) is 0 Å². The molecule has 0 aliphatic heterocycles. The first-order valence-corrected chi connectivity index (χ1v) is 9.32. The molecular formula is C20H22FN5O2. The molecule has 7 nitrogen and oxygen atoms in total. The van der Waals surface area contributed by atoms with Crippen LogP contribution in [-0.2, 0) is 6.54 Å². The highest BCUT2D eigenvalue weighted by Crippen LogP contribution is 2.40. The van der Waals surface area contributed by atoms with Gasteiger partial charge in [0.15, 0.2) is 5.76 Å². The van der Waals surface area contributed by atoms with Crippen LogP contribution in [0, 0.1) is 18.7 Å². The van der Waals surface area contributed by atoms with Gasteiger partial charge >= 0.3 is 6.03 Å². The Labute approximate surface area is 161 Å². The summed E-state index contributed by atoms with van der Waals surface area (Å²) < 4.78 is 20.2. The number of nitrogens with zero attached hydrogens (tertiary/aromatic N) is 3. The fourth-order valence-electron chi connectivity index (χ4n) is 3.16. The number of carbonyl (C=O) groups is 1. The van der Waals surface area contributed by atoms with Crippen molar-refractivity contribution in [2.45, 2.75) is 39.3 Å². The molecule has 146 valence electrons. The Bertz CT molecular complexity index is 975. The zero-order valence-corrected chi connectivity index (χ0v) is 15.8. The van der Waals surface area contributed by atoms with E-state index in [1.54, 1.807) is 24.4 Å². The van der Waals surface area contributed by atoms with Crippen molar-refractivity contribution in [2.75, 3.05) is 5.32 Å². The van der Waals surface area contributed by atoms with Gasteiger partial charge in [-0.25, -0.2) is 13.9 Å². The largest absolute Gasteiger partial charge is 0.359 e. The van der Waals surface area contributed by atoms with Crippen LogP contribution >= 0.6 is 0 Å². The van der Waals surface area contributed by atoms with Crippen LogP contribution in [0.2, 0.25) is 0 Å². The normalized spacial score (nSPS) is 14.7. The summed E-state index contributed by atoms with van der Waals surface area (Å²) in [5.41, 5.74) is 2.25. The molecule has 2 aromatic heterocycles. The molecule has 28 heavy (non-hydrogen) atoms. The monoisotopic (exact) mass is 383 g/mol. The van der Waals surface area contributed by atoms with Crippen molar-refractivity contribution < 1.29 is 13.7 Å². The molecule has 4 rings (SSSR count). The predicted molar refractivity (Wildman–Crippen MR) is 102 cm³/mol. The van der Waals surface area contributed by atoms with Crippen LogP contribution in [0.15, 0.2) is 41.1 Å². The molecule has 0 saturated heterocycles. The summed E-state index contributed by atoms with van der Waals surface area (Å²) >= 11 is 0. The molecule has 0 spiro atoms. The van der Waals surface area contributed by atoms with Gasteiger partial charge in [0, 0.05) is 17.2 Å². The van der Waals surface area contributed by atoms with Crippen molar-refractivity contribution in [3.8, 4) is 11.3 Å². The number of carbonyl (C=O) groups excluding carboxylic acids is 1. The van der Waals surface area contributed by atoms with E-state index in [4.69, 9.17) is 4.52 Å². The highest BCUT2D eigenvalue weighted by molar-refractivity contribution is 5.89. The van der Waals surface area contributed by atoms with E-state index in [-0.39, 0.29) is 24.4 Å². The van der Waals surface area contributed by atoms with Gasteiger partial charge in [-0.15, -0.1) is 0 Å². The molecule has 1 fully saturated rings. The lowest BCUT2D eigenvalue weighted by Crippen LogP contribution is -2.30. The van der Waals surface area contributed by atoms with Crippen molar-refractivity contribution in [3.63, 3.8) is 0 Å². The molecule has 1 aliphatic carbocycles. The Kier molecular flexibility index (Phi) is 4.85. The van der Waals surface area contributed by atoms with Crippen molar-refractivity contribution in [3.05, 3.63) is 53.7 Å². The maximum absolute atomic E-state index is 13.0.